The molecule has 1 rings (SSSR count). The van der Waals surface area contributed by atoms with Gasteiger partial charge in [0.25, 0.3) is 0 Å². The highest BCUT2D eigenvalue weighted by molar-refractivity contribution is 5.85. The van der Waals surface area contributed by atoms with E-state index < -0.39 is 0 Å². The van der Waals surface area contributed by atoms with E-state index in [4.69, 9.17) is 4.42 Å². The van der Waals surface area contributed by atoms with E-state index in [-0.39, 0.29) is 17.7 Å². The zero-order valence-electron chi connectivity index (χ0n) is 10.5. The van der Waals surface area contributed by atoms with Crippen molar-refractivity contribution in [3.8, 4) is 0 Å². The van der Waals surface area contributed by atoms with Gasteiger partial charge in [0.15, 0.2) is 5.78 Å². The van der Waals surface area contributed by atoms with E-state index in [2.05, 4.69) is 5.32 Å². The molecule has 1 atom stereocenters. The van der Waals surface area contributed by atoms with Gasteiger partial charge in [-0.25, -0.2) is 0 Å². The number of rotatable bonds is 6. The normalized spacial score (nSPS) is 13.4. The Labute approximate surface area is 97.2 Å². The molecule has 1 unspecified atom stereocenters. The lowest BCUT2D eigenvalue weighted by atomic mass is 9.97. The zero-order chi connectivity index (χ0) is 12.1. The summed E-state index contributed by atoms with van der Waals surface area (Å²) in [6.07, 6.45) is 2.27. The smallest absolute Gasteiger partial charge is 0.152 e. The van der Waals surface area contributed by atoms with E-state index >= 15 is 0 Å². The minimum atomic E-state index is -0.147. The second kappa shape index (κ2) is 5.85. The van der Waals surface area contributed by atoms with E-state index in [0.29, 0.717) is 12.5 Å². The summed E-state index contributed by atoms with van der Waals surface area (Å²) in [5.74, 6) is 1.14. The first-order chi connectivity index (χ1) is 7.50. The maximum Gasteiger partial charge on any atom is 0.152 e. The van der Waals surface area contributed by atoms with Gasteiger partial charge >= 0.3 is 0 Å². The van der Waals surface area contributed by atoms with E-state index in [1.165, 1.54) is 0 Å². The molecule has 1 aromatic heterocycles. The van der Waals surface area contributed by atoms with Crippen molar-refractivity contribution in [2.24, 2.45) is 5.92 Å². The van der Waals surface area contributed by atoms with Crippen LogP contribution >= 0.6 is 0 Å². The van der Waals surface area contributed by atoms with E-state index in [1.54, 1.807) is 6.26 Å². The molecule has 0 aliphatic carbocycles. The third kappa shape index (κ3) is 3.81. The van der Waals surface area contributed by atoms with Crippen LogP contribution in [0.1, 0.15) is 33.5 Å². The summed E-state index contributed by atoms with van der Waals surface area (Å²) in [6.45, 7) is 7.95. The van der Waals surface area contributed by atoms with Gasteiger partial charge in [0.1, 0.15) is 5.76 Å². The highest BCUT2D eigenvalue weighted by Crippen LogP contribution is 2.09. The molecule has 0 radical (unpaired) electrons. The molecule has 3 nitrogen and oxygen atoms in total. The van der Waals surface area contributed by atoms with Crippen molar-refractivity contribution in [2.45, 2.75) is 46.2 Å². The van der Waals surface area contributed by atoms with Gasteiger partial charge in [0.2, 0.25) is 0 Å². The van der Waals surface area contributed by atoms with Gasteiger partial charge in [0, 0.05) is 18.4 Å². The maximum atomic E-state index is 12.0. The molecule has 16 heavy (non-hydrogen) atoms. The van der Waals surface area contributed by atoms with Crippen LogP contribution in [0.15, 0.2) is 22.8 Å². The number of hydrogen-bond donors (Lipinski definition) is 1. The summed E-state index contributed by atoms with van der Waals surface area (Å²) in [5, 5.41) is 3.29. The Balaban J connectivity index is 2.67. The minimum Gasteiger partial charge on any atom is -0.469 e. The molecule has 0 spiro atoms. The number of carbonyl (C=O) groups is 1. The Morgan fingerprint density at radius 1 is 1.38 bits per heavy atom. The molecule has 0 aliphatic heterocycles. The quantitative estimate of drug-likeness (QED) is 0.805. The molecule has 1 N–H and O–H groups in total. The molecule has 0 aliphatic rings. The van der Waals surface area contributed by atoms with Crippen LogP contribution in [0.5, 0.6) is 0 Å². The van der Waals surface area contributed by atoms with Crippen molar-refractivity contribution in [2.75, 3.05) is 0 Å². The molecule has 0 bridgehead atoms. The number of carbonyl (C=O) groups excluding carboxylic acids is 1. The molecule has 0 saturated heterocycles. The SMILES string of the molecule is CC(C)NC(Cc1ccco1)C(=O)C(C)C. The van der Waals surface area contributed by atoms with Crippen molar-refractivity contribution in [3.63, 3.8) is 0 Å². The van der Waals surface area contributed by atoms with Crippen molar-refractivity contribution >= 4 is 5.78 Å². The third-order valence-electron chi connectivity index (χ3n) is 2.43. The van der Waals surface area contributed by atoms with Crippen LogP contribution in [-0.4, -0.2) is 17.9 Å². The van der Waals surface area contributed by atoms with Crippen molar-refractivity contribution in [1.29, 1.82) is 0 Å². The van der Waals surface area contributed by atoms with Crippen LogP contribution in [-0.2, 0) is 11.2 Å². The lowest BCUT2D eigenvalue weighted by molar-refractivity contribution is -0.124. The van der Waals surface area contributed by atoms with Gasteiger partial charge in [-0.2, -0.15) is 0 Å². The highest BCUT2D eigenvalue weighted by Gasteiger charge is 2.22. The largest absolute Gasteiger partial charge is 0.469 e. The minimum absolute atomic E-state index is 0.0474. The molecular formula is C13H21NO2. The standard InChI is InChI=1S/C13H21NO2/c1-9(2)13(15)12(14-10(3)4)8-11-6-5-7-16-11/h5-7,9-10,12,14H,8H2,1-4H3. The fourth-order valence-electron chi connectivity index (χ4n) is 1.68. The summed E-state index contributed by atoms with van der Waals surface area (Å²) < 4.78 is 5.28. The average molecular weight is 223 g/mol. The molecule has 0 saturated carbocycles. The predicted molar refractivity (Wildman–Crippen MR) is 64.3 cm³/mol. The summed E-state index contributed by atoms with van der Waals surface area (Å²) in [6, 6.07) is 3.90. The fraction of sp³-hybridized carbons (Fsp3) is 0.615. The Kier molecular flexibility index (Phi) is 4.74. The number of Topliss-reactive ketones (excluding diaryl/α,β-unsaturated/α-hetero) is 1. The molecule has 0 fully saturated rings. The topological polar surface area (TPSA) is 42.2 Å². The lowest BCUT2D eigenvalue weighted by Gasteiger charge is -2.21. The van der Waals surface area contributed by atoms with Crippen LogP contribution in [0.4, 0.5) is 0 Å². The highest BCUT2D eigenvalue weighted by atomic mass is 16.3. The molecule has 1 heterocycles. The Hall–Kier alpha value is -1.09. The van der Waals surface area contributed by atoms with Crippen LogP contribution in [0, 0.1) is 5.92 Å². The number of nitrogens with one attached hydrogen (secondary N) is 1. The van der Waals surface area contributed by atoms with Crippen LogP contribution in [0.25, 0.3) is 0 Å². The van der Waals surface area contributed by atoms with Crippen molar-refractivity contribution < 1.29 is 9.21 Å². The van der Waals surface area contributed by atoms with E-state index in [9.17, 15) is 4.79 Å². The summed E-state index contributed by atoms with van der Waals surface area (Å²) in [7, 11) is 0. The summed E-state index contributed by atoms with van der Waals surface area (Å²) in [5.41, 5.74) is 0. The monoisotopic (exact) mass is 223 g/mol. The van der Waals surface area contributed by atoms with Gasteiger partial charge < -0.3 is 9.73 Å². The van der Waals surface area contributed by atoms with Crippen LogP contribution in [0.3, 0.4) is 0 Å². The van der Waals surface area contributed by atoms with Gasteiger partial charge in [-0.15, -0.1) is 0 Å². The first kappa shape index (κ1) is 13.0. The lowest BCUT2D eigenvalue weighted by Crippen LogP contribution is -2.44. The van der Waals surface area contributed by atoms with Crippen LogP contribution < -0.4 is 5.32 Å². The average Bonchev–Trinajstić information content (AvgIpc) is 2.67. The molecule has 0 amide bonds. The summed E-state index contributed by atoms with van der Waals surface area (Å²) >= 11 is 0. The van der Waals surface area contributed by atoms with E-state index in [1.807, 2.05) is 39.8 Å². The first-order valence-corrected chi connectivity index (χ1v) is 5.83. The first-order valence-electron chi connectivity index (χ1n) is 5.83. The number of furan rings is 1. The third-order valence-corrected chi connectivity index (χ3v) is 2.43. The molecule has 0 aromatic carbocycles. The van der Waals surface area contributed by atoms with Crippen molar-refractivity contribution in [3.05, 3.63) is 24.2 Å². The molecule has 1 aromatic rings. The van der Waals surface area contributed by atoms with Gasteiger partial charge in [-0.1, -0.05) is 27.7 Å². The van der Waals surface area contributed by atoms with Crippen molar-refractivity contribution in [1.82, 2.24) is 5.32 Å². The summed E-state index contributed by atoms with van der Waals surface area (Å²) in [4.78, 5) is 12.0. The van der Waals surface area contributed by atoms with E-state index in [0.717, 1.165) is 5.76 Å². The Morgan fingerprint density at radius 3 is 2.50 bits per heavy atom. The molecule has 90 valence electrons. The number of hydrogen-bond acceptors (Lipinski definition) is 3. The van der Waals surface area contributed by atoms with Gasteiger partial charge in [-0.05, 0) is 12.1 Å². The molecule has 3 heteroatoms. The van der Waals surface area contributed by atoms with Crippen LogP contribution in [0.2, 0.25) is 0 Å². The second-order valence-electron chi connectivity index (χ2n) is 4.71. The predicted octanol–water partition coefficient (Wildman–Crippen LogP) is 2.41. The number of ketones is 1. The van der Waals surface area contributed by atoms with Gasteiger partial charge in [0.05, 0.1) is 12.3 Å². The Morgan fingerprint density at radius 2 is 2.06 bits per heavy atom. The van der Waals surface area contributed by atoms with Gasteiger partial charge in [-0.3, -0.25) is 4.79 Å². The Bertz CT molecular complexity index is 315. The fourth-order valence-corrected chi connectivity index (χ4v) is 1.68. The second-order valence-corrected chi connectivity index (χ2v) is 4.71. The maximum absolute atomic E-state index is 12.0. The zero-order valence-corrected chi connectivity index (χ0v) is 10.5. The molecular weight excluding hydrogens is 202 g/mol.